The summed E-state index contributed by atoms with van der Waals surface area (Å²) in [4.78, 5) is 29.9. The quantitative estimate of drug-likeness (QED) is 0.308. The van der Waals surface area contributed by atoms with Crippen molar-refractivity contribution in [3.8, 4) is 11.4 Å². The van der Waals surface area contributed by atoms with Crippen molar-refractivity contribution in [2.75, 3.05) is 11.4 Å². The molecule has 3 aromatic rings. The summed E-state index contributed by atoms with van der Waals surface area (Å²) in [6, 6.07) is 4.08. The first-order valence-corrected chi connectivity index (χ1v) is 9.45. The molecule has 144 valence electrons. The van der Waals surface area contributed by atoms with Gasteiger partial charge in [0.15, 0.2) is 0 Å². The Labute approximate surface area is 161 Å². The fraction of sp³-hybridized carbons (Fsp3) is 0.350. The van der Waals surface area contributed by atoms with E-state index in [9.17, 15) is 9.59 Å². The molecule has 3 heterocycles. The lowest BCUT2D eigenvalue weighted by molar-refractivity contribution is -0.125. The number of carbonyl (C=O) groups is 2. The van der Waals surface area contributed by atoms with Crippen LogP contribution in [0, 0.1) is 0 Å². The number of rotatable bonds is 2. The summed E-state index contributed by atoms with van der Waals surface area (Å²) < 4.78 is 0. The molecule has 0 unspecified atom stereocenters. The molecule has 1 aromatic carbocycles. The van der Waals surface area contributed by atoms with E-state index < -0.39 is 11.3 Å². The number of benzene rings is 1. The number of hydrogen-bond donors (Lipinski definition) is 4. The summed E-state index contributed by atoms with van der Waals surface area (Å²) in [5.41, 5.74) is 8.53. The molecule has 5 N–H and O–H groups in total. The third-order valence-corrected chi connectivity index (χ3v) is 6.06. The van der Waals surface area contributed by atoms with Crippen LogP contribution in [0.4, 0.5) is 5.69 Å². The lowest BCUT2D eigenvalue weighted by Crippen LogP contribution is -2.44. The molecule has 8 heteroatoms. The van der Waals surface area contributed by atoms with E-state index in [0.29, 0.717) is 0 Å². The number of carbonyl (C=O) groups excluding carboxylic acids is 2. The molecule has 2 aromatic heterocycles. The van der Waals surface area contributed by atoms with E-state index in [4.69, 9.17) is 5.84 Å². The number of hydrazine groups is 1. The van der Waals surface area contributed by atoms with Gasteiger partial charge in [-0.2, -0.15) is 5.10 Å². The highest BCUT2D eigenvalue weighted by molar-refractivity contribution is 6.12. The molecule has 2 amide bonds. The Balaban J connectivity index is 1.73. The molecule has 0 radical (unpaired) electrons. The van der Waals surface area contributed by atoms with Crippen LogP contribution in [0.25, 0.3) is 22.3 Å². The number of aryl methyl sites for hydroxylation is 2. The number of nitrogens with two attached hydrogens (primary N) is 1. The van der Waals surface area contributed by atoms with E-state index in [1.54, 1.807) is 0 Å². The smallest absolute Gasteiger partial charge is 0.253 e. The van der Waals surface area contributed by atoms with Gasteiger partial charge in [0.25, 0.3) is 5.91 Å². The summed E-state index contributed by atoms with van der Waals surface area (Å²) in [6.45, 7) is 3.69. The van der Waals surface area contributed by atoms with Crippen LogP contribution >= 0.6 is 0 Å². The average Bonchev–Trinajstić information content (AvgIpc) is 3.29. The molecule has 28 heavy (non-hydrogen) atoms. The number of aromatic nitrogens is 3. The zero-order chi connectivity index (χ0) is 19.6. The largest absolute Gasteiger partial charge is 0.353 e. The van der Waals surface area contributed by atoms with Crippen LogP contribution in [0.1, 0.15) is 37.0 Å². The highest BCUT2D eigenvalue weighted by Gasteiger charge is 2.45. The van der Waals surface area contributed by atoms with Gasteiger partial charge in [-0.15, -0.1) is 0 Å². The van der Waals surface area contributed by atoms with Gasteiger partial charge in [-0.3, -0.25) is 20.1 Å². The molecule has 0 saturated carbocycles. The highest BCUT2D eigenvalue weighted by Crippen LogP contribution is 2.45. The summed E-state index contributed by atoms with van der Waals surface area (Å²) in [5.74, 6) is 4.75. The number of hydrogen-bond acceptors (Lipinski definition) is 4. The molecule has 0 bridgehead atoms. The number of amides is 2. The molecule has 0 fully saturated rings. The Morgan fingerprint density at radius 3 is 2.96 bits per heavy atom. The lowest BCUT2D eigenvalue weighted by atomic mass is 9.85. The molecule has 0 spiro atoms. The molecule has 2 aliphatic rings. The predicted molar refractivity (Wildman–Crippen MR) is 106 cm³/mol. The summed E-state index contributed by atoms with van der Waals surface area (Å²) in [6.07, 6.45) is 4.92. The number of fused-ring (bicyclic) bond motifs is 6. The summed E-state index contributed by atoms with van der Waals surface area (Å²) >= 11 is 0. The Kier molecular flexibility index (Phi) is 3.45. The Morgan fingerprint density at radius 2 is 2.18 bits per heavy atom. The van der Waals surface area contributed by atoms with E-state index in [1.807, 2.05) is 32.2 Å². The first-order chi connectivity index (χ1) is 13.4. The van der Waals surface area contributed by atoms with Gasteiger partial charge in [-0.25, -0.2) is 5.84 Å². The van der Waals surface area contributed by atoms with Crippen molar-refractivity contribution < 1.29 is 9.59 Å². The van der Waals surface area contributed by atoms with E-state index in [2.05, 4.69) is 20.6 Å². The van der Waals surface area contributed by atoms with Crippen LogP contribution in [0.2, 0.25) is 0 Å². The molecule has 1 aliphatic carbocycles. The Bertz CT molecular complexity index is 1140. The highest BCUT2D eigenvalue weighted by atomic mass is 16.2. The lowest BCUT2D eigenvalue weighted by Gasteiger charge is -2.19. The second-order valence-corrected chi connectivity index (χ2v) is 8.09. The number of nitrogens with one attached hydrogen (secondary N) is 3. The summed E-state index contributed by atoms with van der Waals surface area (Å²) in [5, 5.41) is 8.50. The van der Waals surface area contributed by atoms with Gasteiger partial charge < -0.3 is 9.88 Å². The van der Waals surface area contributed by atoms with Gasteiger partial charge in [-0.05, 0) is 61.9 Å². The van der Waals surface area contributed by atoms with Crippen LogP contribution in [0.5, 0.6) is 0 Å². The van der Waals surface area contributed by atoms with Gasteiger partial charge in [0, 0.05) is 22.8 Å². The fourth-order valence-corrected chi connectivity index (χ4v) is 4.56. The van der Waals surface area contributed by atoms with E-state index >= 15 is 0 Å². The Morgan fingerprint density at radius 1 is 1.36 bits per heavy atom. The van der Waals surface area contributed by atoms with Gasteiger partial charge >= 0.3 is 0 Å². The van der Waals surface area contributed by atoms with Crippen LogP contribution in [0.3, 0.4) is 0 Å². The molecule has 0 atom stereocenters. The molecular weight excluding hydrogens is 356 g/mol. The van der Waals surface area contributed by atoms with Crippen LogP contribution in [-0.2, 0) is 27.8 Å². The monoisotopic (exact) mass is 378 g/mol. The van der Waals surface area contributed by atoms with Gasteiger partial charge in [0.2, 0.25) is 5.91 Å². The third kappa shape index (κ3) is 2.18. The SMILES string of the molecule is CC1(C)C(=O)N(CC(=O)NN)c2cc3c4c([nH]c3cc21)-c1n[nH]cc1CCC4. The van der Waals surface area contributed by atoms with Gasteiger partial charge in [0.1, 0.15) is 12.2 Å². The van der Waals surface area contributed by atoms with Gasteiger partial charge in [-0.1, -0.05) is 0 Å². The first-order valence-electron chi connectivity index (χ1n) is 9.45. The number of aromatic amines is 2. The number of anilines is 1. The Hall–Kier alpha value is -3.13. The third-order valence-electron chi connectivity index (χ3n) is 6.06. The molecule has 8 nitrogen and oxygen atoms in total. The second-order valence-electron chi connectivity index (χ2n) is 8.09. The minimum absolute atomic E-state index is 0.0899. The van der Waals surface area contributed by atoms with Crippen molar-refractivity contribution in [3.05, 3.63) is 35.0 Å². The van der Waals surface area contributed by atoms with Crippen LogP contribution in [-0.4, -0.2) is 33.5 Å². The minimum atomic E-state index is -0.710. The molecule has 1 aliphatic heterocycles. The van der Waals surface area contributed by atoms with Crippen molar-refractivity contribution in [1.82, 2.24) is 20.6 Å². The van der Waals surface area contributed by atoms with Crippen molar-refractivity contribution in [1.29, 1.82) is 0 Å². The van der Waals surface area contributed by atoms with Crippen LogP contribution < -0.4 is 16.2 Å². The van der Waals surface area contributed by atoms with Crippen molar-refractivity contribution in [3.63, 3.8) is 0 Å². The van der Waals surface area contributed by atoms with Crippen LogP contribution in [0.15, 0.2) is 18.3 Å². The molecule has 5 rings (SSSR count). The second kappa shape index (κ2) is 5.68. The van der Waals surface area contributed by atoms with E-state index in [0.717, 1.165) is 52.8 Å². The summed E-state index contributed by atoms with van der Waals surface area (Å²) in [7, 11) is 0. The number of H-pyrrole nitrogens is 2. The van der Waals surface area contributed by atoms with Crippen molar-refractivity contribution in [2.45, 2.75) is 38.5 Å². The minimum Gasteiger partial charge on any atom is -0.353 e. The zero-order valence-corrected chi connectivity index (χ0v) is 15.8. The van der Waals surface area contributed by atoms with Crippen molar-refractivity contribution >= 4 is 28.4 Å². The van der Waals surface area contributed by atoms with Gasteiger partial charge in [0.05, 0.1) is 11.1 Å². The number of nitrogens with zero attached hydrogens (tertiary/aromatic N) is 2. The first kappa shape index (κ1) is 17.0. The fourth-order valence-electron chi connectivity index (χ4n) is 4.56. The maximum absolute atomic E-state index is 13.0. The van der Waals surface area contributed by atoms with Crippen molar-refractivity contribution in [2.24, 2.45) is 5.84 Å². The topological polar surface area (TPSA) is 120 Å². The maximum atomic E-state index is 13.0. The predicted octanol–water partition coefficient (Wildman–Crippen LogP) is 1.66. The normalized spacial score (nSPS) is 17.2. The average molecular weight is 378 g/mol. The zero-order valence-electron chi connectivity index (χ0n) is 15.8. The molecule has 0 saturated heterocycles. The standard InChI is InChI=1S/C20H22N6O2/c1-20(2)13-7-14-12(6-15(13)26(19(20)28)9-16(27)24-21)11-5-3-4-10-8-22-25-17(10)18(11)23-14/h6-8,23H,3-5,9,21H2,1-2H3,(H,22,25)(H,24,27). The van der Waals surface area contributed by atoms with E-state index in [1.165, 1.54) is 16.0 Å². The van der Waals surface area contributed by atoms with E-state index in [-0.39, 0.29) is 12.5 Å². The maximum Gasteiger partial charge on any atom is 0.253 e. The molecular formula is C20H22N6O2.